The fraction of sp³-hybridized carbons (Fsp3) is 0.273. The Balaban J connectivity index is 2.31. The van der Waals surface area contributed by atoms with Crippen LogP contribution in [0.4, 0.5) is 5.69 Å². The maximum absolute atomic E-state index is 12.0. The van der Waals surface area contributed by atoms with E-state index in [1.807, 2.05) is 4.72 Å². The summed E-state index contributed by atoms with van der Waals surface area (Å²) in [5.74, 6) is -1.32. The predicted octanol–water partition coefficient (Wildman–Crippen LogP) is -0.231. The van der Waals surface area contributed by atoms with Crippen LogP contribution < -0.4 is 14.8 Å². The van der Waals surface area contributed by atoms with E-state index in [4.69, 9.17) is 9.84 Å². The van der Waals surface area contributed by atoms with E-state index < -0.39 is 22.0 Å². The highest BCUT2D eigenvalue weighted by Crippen LogP contribution is 2.29. The molecule has 1 aromatic carbocycles. The van der Waals surface area contributed by atoms with Gasteiger partial charge in [-0.3, -0.25) is 9.59 Å². The smallest absolute Gasteiger partial charge is 0.321 e. The molecule has 2 rings (SSSR count). The Bertz CT molecular complexity index is 669. The number of carboxylic acid groups (broad SMARTS) is 1. The Morgan fingerprint density at radius 3 is 2.85 bits per heavy atom. The Kier molecular flexibility index (Phi) is 3.64. The standard InChI is InChI=1S/C11H12N2O6S/c1-6(11(15)16)13-20(17,18)7-2-3-9-8(4-7)12-10(14)5-19-9/h2-4,6,13H,5H2,1H3,(H,12,14)(H,15,16)/t6-/m0/s1. The molecule has 1 amide bonds. The molecule has 0 aromatic heterocycles. The van der Waals surface area contributed by atoms with Crippen LogP contribution >= 0.6 is 0 Å². The van der Waals surface area contributed by atoms with Gasteiger partial charge >= 0.3 is 5.97 Å². The molecule has 0 unspecified atom stereocenters. The minimum atomic E-state index is -3.99. The number of benzene rings is 1. The van der Waals surface area contributed by atoms with E-state index in [1.165, 1.54) is 25.1 Å². The number of carbonyl (C=O) groups excluding carboxylic acids is 1. The summed E-state index contributed by atoms with van der Waals surface area (Å²) in [5.41, 5.74) is 0.229. The van der Waals surface area contributed by atoms with Crippen molar-refractivity contribution in [1.29, 1.82) is 0 Å². The largest absolute Gasteiger partial charge is 0.482 e. The molecule has 0 saturated carbocycles. The number of hydrogen-bond acceptors (Lipinski definition) is 5. The third kappa shape index (κ3) is 2.89. The van der Waals surface area contributed by atoms with Gasteiger partial charge in [-0.1, -0.05) is 0 Å². The van der Waals surface area contributed by atoms with Crippen molar-refractivity contribution >= 4 is 27.6 Å². The average Bonchev–Trinajstić information content (AvgIpc) is 2.37. The fourth-order valence-electron chi connectivity index (χ4n) is 1.58. The maximum Gasteiger partial charge on any atom is 0.321 e. The van der Waals surface area contributed by atoms with Crippen molar-refractivity contribution in [2.75, 3.05) is 11.9 Å². The lowest BCUT2D eigenvalue weighted by atomic mass is 10.2. The number of nitrogens with one attached hydrogen (secondary N) is 2. The topological polar surface area (TPSA) is 122 Å². The van der Waals surface area contributed by atoms with Crippen molar-refractivity contribution in [2.45, 2.75) is 17.9 Å². The summed E-state index contributed by atoms with van der Waals surface area (Å²) in [7, 11) is -3.99. The van der Waals surface area contributed by atoms with Crippen LogP contribution in [0.2, 0.25) is 0 Å². The second-order valence-corrected chi connectivity index (χ2v) is 5.89. The van der Waals surface area contributed by atoms with Crippen molar-refractivity contribution in [3.63, 3.8) is 0 Å². The monoisotopic (exact) mass is 300 g/mol. The van der Waals surface area contributed by atoms with Crippen molar-refractivity contribution in [2.24, 2.45) is 0 Å². The highest BCUT2D eigenvalue weighted by molar-refractivity contribution is 7.89. The van der Waals surface area contributed by atoms with Crippen LogP contribution in [0.1, 0.15) is 6.92 Å². The first-order valence-corrected chi connectivity index (χ1v) is 7.10. The summed E-state index contributed by atoms with van der Waals surface area (Å²) in [6.07, 6.45) is 0. The Morgan fingerprint density at radius 2 is 2.20 bits per heavy atom. The number of fused-ring (bicyclic) bond motifs is 1. The molecule has 1 aliphatic heterocycles. The third-order valence-corrected chi connectivity index (χ3v) is 4.13. The summed E-state index contributed by atoms with van der Waals surface area (Å²) in [6, 6.07) is 2.62. The molecule has 3 N–H and O–H groups in total. The van der Waals surface area contributed by atoms with Gasteiger partial charge in [-0.25, -0.2) is 8.42 Å². The Hall–Kier alpha value is -2.13. The maximum atomic E-state index is 12.0. The minimum Gasteiger partial charge on any atom is -0.482 e. The highest BCUT2D eigenvalue weighted by atomic mass is 32.2. The van der Waals surface area contributed by atoms with Gasteiger partial charge in [0.1, 0.15) is 11.8 Å². The lowest BCUT2D eigenvalue weighted by Crippen LogP contribution is -2.38. The molecule has 0 aliphatic carbocycles. The SMILES string of the molecule is C[C@H](NS(=O)(=O)c1ccc2c(c1)NC(=O)CO2)C(=O)O. The van der Waals surface area contributed by atoms with Gasteiger partial charge in [-0.15, -0.1) is 0 Å². The van der Waals surface area contributed by atoms with Gasteiger partial charge in [0.2, 0.25) is 10.0 Å². The Labute approximate surface area is 114 Å². The molecule has 1 heterocycles. The van der Waals surface area contributed by atoms with Gasteiger partial charge in [0.25, 0.3) is 5.91 Å². The number of anilines is 1. The summed E-state index contributed by atoms with van der Waals surface area (Å²) in [5, 5.41) is 11.2. The summed E-state index contributed by atoms with van der Waals surface area (Å²) in [6.45, 7) is 1.08. The summed E-state index contributed by atoms with van der Waals surface area (Å²) in [4.78, 5) is 21.7. The van der Waals surface area contributed by atoms with E-state index in [-0.39, 0.29) is 23.1 Å². The van der Waals surface area contributed by atoms with Crippen LogP contribution in [0.5, 0.6) is 5.75 Å². The second kappa shape index (κ2) is 5.10. The molecule has 20 heavy (non-hydrogen) atoms. The lowest BCUT2D eigenvalue weighted by Gasteiger charge is -2.19. The van der Waals surface area contributed by atoms with Crippen molar-refractivity contribution in [3.05, 3.63) is 18.2 Å². The number of rotatable bonds is 4. The summed E-state index contributed by atoms with van der Waals surface area (Å²) >= 11 is 0. The number of ether oxygens (including phenoxy) is 1. The summed E-state index contributed by atoms with van der Waals surface area (Å²) < 4.78 is 31.1. The first-order chi connectivity index (χ1) is 9.29. The van der Waals surface area contributed by atoms with Gasteiger partial charge in [0.15, 0.2) is 6.61 Å². The molecule has 0 fully saturated rings. The first-order valence-electron chi connectivity index (χ1n) is 5.61. The molecule has 108 valence electrons. The predicted molar refractivity (Wildman–Crippen MR) is 68.0 cm³/mol. The number of hydrogen-bond donors (Lipinski definition) is 3. The molecule has 0 bridgehead atoms. The molecular formula is C11H12N2O6S. The van der Waals surface area contributed by atoms with E-state index in [1.54, 1.807) is 0 Å². The highest BCUT2D eigenvalue weighted by Gasteiger charge is 2.24. The van der Waals surface area contributed by atoms with Gasteiger partial charge in [0, 0.05) is 0 Å². The molecule has 0 saturated heterocycles. The quantitative estimate of drug-likeness (QED) is 0.706. The van der Waals surface area contributed by atoms with Crippen LogP contribution in [0.25, 0.3) is 0 Å². The van der Waals surface area contributed by atoms with Crippen LogP contribution in [0.3, 0.4) is 0 Å². The Morgan fingerprint density at radius 1 is 1.50 bits per heavy atom. The van der Waals surface area contributed by atoms with Crippen LogP contribution in [0.15, 0.2) is 23.1 Å². The van der Waals surface area contributed by atoms with Crippen molar-refractivity contribution < 1.29 is 27.9 Å². The zero-order chi connectivity index (χ0) is 14.9. The normalized spacial score (nSPS) is 15.8. The zero-order valence-corrected chi connectivity index (χ0v) is 11.2. The third-order valence-electron chi connectivity index (χ3n) is 2.60. The van der Waals surface area contributed by atoms with E-state index in [9.17, 15) is 18.0 Å². The number of amides is 1. The van der Waals surface area contributed by atoms with E-state index in [0.29, 0.717) is 5.75 Å². The van der Waals surface area contributed by atoms with Gasteiger partial charge in [-0.05, 0) is 25.1 Å². The molecule has 0 radical (unpaired) electrons. The van der Waals surface area contributed by atoms with Gasteiger partial charge < -0.3 is 15.2 Å². The average molecular weight is 300 g/mol. The minimum absolute atomic E-state index is 0.132. The number of carboxylic acids is 1. The fourth-order valence-corrected chi connectivity index (χ4v) is 2.80. The van der Waals surface area contributed by atoms with Crippen LogP contribution in [0, 0.1) is 0 Å². The van der Waals surface area contributed by atoms with Crippen molar-refractivity contribution in [3.8, 4) is 5.75 Å². The zero-order valence-electron chi connectivity index (χ0n) is 10.4. The molecule has 1 aromatic rings. The van der Waals surface area contributed by atoms with Crippen LogP contribution in [-0.2, 0) is 19.6 Å². The number of carbonyl (C=O) groups is 2. The van der Waals surface area contributed by atoms with Crippen molar-refractivity contribution in [1.82, 2.24) is 4.72 Å². The number of aliphatic carboxylic acids is 1. The second-order valence-electron chi connectivity index (χ2n) is 4.18. The molecule has 8 nitrogen and oxygen atoms in total. The van der Waals surface area contributed by atoms with Crippen LogP contribution in [-0.4, -0.2) is 38.0 Å². The van der Waals surface area contributed by atoms with E-state index in [2.05, 4.69) is 5.32 Å². The van der Waals surface area contributed by atoms with E-state index >= 15 is 0 Å². The van der Waals surface area contributed by atoms with Gasteiger partial charge in [-0.2, -0.15) is 4.72 Å². The lowest BCUT2D eigenvalue weighted by molar-refractivity contribution is -0.138. The molecule has 1 atom stereocenters. The molecule has 9 heteroatoms. The van der Waals surface area contributed by atoms with Gasteiger partial charge in [0.05, 0.1) is 10.6 Å². The molecular weight excluding hydrogens is 288 g/mol. The first kappa shape index (κ1) is 14.3. The van der Waals surface area contributed by atoms with E-state index in [0.717, 1.165) is 0 Å². The molecule has 1 aliphatic rings. The number of sulfonamides is 1. The molecule has 0 spiro atoms.